The highest BCUT2D eigenvalue weighted by Gasteiger charge is 2.53. The van der Waals surface area contributed by atoms with E-state index >= 15 is 0 Å². The molecule has 3 aliphatic rings. The SMILES string of the molecule is CC1(O)CC2(CCC2)C1.N#Cc1ccc(-c2cc(CC3CNCCO3)ccc2N)cc1F. The molecular formula is C26H32FN3O2. The molecule has 2 aromatic carbocycles. The molecule has 32 heavy (non-hydrogen) atoms. The van der Waals surface area contributed by atoms with Gasteiger partial charge in [0.15, 0.2) is 0 Å². The molecule has 1 aliphatic heterocycles. The minimum absolute atomic E-state index is 0.0326. The van der Waals surface area contributed by atoms with E-state index in [1.54, 1.807) is 6.07 Å². The summed E-state index contributed by atoms with van der Waals surface area (Å²) in [6, 6.07) is 12.1. The van der Waals surface area contributed by atoms with E-state index in [-0.39, 0.29) is 17.3 Å². The Kier molecular flexibility index (Phi) is 6.52. The predicted octanol–water partition coefficient (Wildman–Crippen LogP) is 4.18. The third-order valence-corrected chi connectivity index (χ3v) is 6.91. The highest BCUT2D eigenvalue weighted by molar-refractivity contribution is 5.77. The lowest BCUT2D eigenvalue weighted by Gasteiger charge is -2.57. The first-order valence-corrected chi connectivity index (χ1v) is 11.4. The molecule has 2 saturated carbocycles. The molecule has 0 radical (unpaired) electrons. The van der Waals surface area contributed by atoms with Crippen LogP contribution in [0.4, 0.5) is 10.1 Å². The van der Waals surface area contributed by atoms with Crippen LogP contribution < -0.4 is 11.1 Å². The number of hydrogen-bond acceptors (Lipinski definition) is 5. The first-order valence-electron chi connectivity index (χ1n) is 11.4. The number of nitrogen functional groups attached to an aromatic ring is 1. The van der Waals surface area contributed by atoms with E-state index in [1.807, 2.05) is 31.2 Å². The summed E-state index contributed by atoms with van der Waals surface area (Å²) in [5.74, 6) is -0.533. The fourth-order valence-corrected chi connectivity index (χ4v) is 5.36. The number of ether oxygens (including phenoxy) is 1. The number of morpholine rings is 1. The Labute approximate surface area is 189 Å². The number of nitrogens with two attached hydrogens (primary N) is 1. The number of nitrogens with zero attached hydrogens (tertiary/aromatic N) is 1. The molecule has 1 spiro atoms. The lowest BCUT2D eigenvalue weighted by atomic mass is 9.50. The fraction of sp³-hybridized carbons (Fsp3) is 0.500. The first-order chi connectivity index (χ1) is 15.3. The van der Waals surface area contributed by atoms with Crippen molar-refractivity contribution >= 4 is 5.69 Å². The van der Waals surface area contributed by atoms with E-state index in [0.29, 0.717) is 23.3 Å². The summed E-state index contributed by atoms with van der Waals surface area (Å²) in [5.41, 5.74) is 9.53. The second-order valence-electron chi connectivity index (χ2n) is 9.83. The highest BCUT2D eigenvalue weighted by Crippen LogP contribution is 2.60. The molecule has 1 atom stereocenters. The van der Waals surface area contributed by atoms with Gasteiger partial charge in [0.2, 0.25) is 0 Å². The largest absolute Gasteiger partial charge is 0.398 e. The van der Waals surface area contributed by atoms with Crippen LogP contribution in [0, 0.1) is 22.6 Å². The van der Waals surface area contributed by atoms with Crippen LogP contribution in [0.3, 0.4) is 0 Å². The number of aliphatic hydroxyl groups is 1. The van der Waals surface area contributed by atoms with Gasteiger partial charge in [-0.1, -0.05) is 18.6 Å². The summed E-state index contributed by atoms with van der Waals surface area (Å²) in [7, 11) is 0. The van der Waals surface area contributed by atoms with Gasteiger partial charge in [0.05, 0.1) is 23.9 Å². The molecule has 0 bridgehead atoms. The molecule has 1 unspecified atom stereocenters. The second kappa shape index (κ2) is 9.19. The van der Waals surface area contributed by atoms with Crippen LogP contribution in [-0.2, 0) is 11.2 Å². The van der Waals surface area contributed by atoms with Gasteiger partial charge in [0, 0.05) is 24.3 Å². The van der Waals surface area contributed by atoms with E-state index in [9.17, 15) is 9.50 Å². The number of nitrogens with one attached hydrogen (secondary N) is 1. The topological polar surface area (TPSA) is 91.3 Å². The number of anilines is 1. The quantitative estimate of drug-likeness (QED) is 0.627. The van der Waals surface area contributed by atoms with Gasteiger partial charge >= 0.3 is 0 Å². The van der Waals surface area contributed by atoms with Crippen LogP contribution >= 0.6 is 0 Å². The van der Waals surface area contributed by atoms with Crippen LogP contribution in [0.1, 0.15) is 50.2 Å². The molecule has 3 fully saturated rings. The minimum atomic E-state index is -0.533. The molecule has 0 amide bonds. The number of hydrogen-bond donors (Lipinski definition) is 3. The van der Waals surface area contributed by atoms with Crippen LogP contribution in [0.2, 0.25) is 0 Å². The van der Waals surface area contributed by atoms with Gasteiger partial charge in [-0.25, -0.2) is 4.39 Å². The van der Waals surface area contributed by atoms with Gasteiger partial charge in [0.1, 0.15) is 11.9 Å². The molecule has 2 aromatic rings. The third kappa shape index (κ3) is 5.12. The van der Waals surface area contributed by atoms with Crippen molar-refractivity contribution in [3.8, 4) is 17.2 Å². The first kappa shape index (κ1) is 22.7. The van der Waals surface area contributed by atoms with Gasteiger partial charge < -0.3 is 20.9 Å². The van der Waals surface area contributed by atoms with Gasteiger partial charge in [-0.05, 0) is 79.8 Å². The standard InChI is InChI=1S/C18H18FN3O.C8H14O/c19-17-9-13(2-3-14(17)10-20)16-8-12(1-4-18(16)21)7-15-11-22-5-6-23-15;1-7(9)5-8(6-7)3-2-4-8/h1-4,8-9,15,22H,5-7,11,21H2;9H,2-6H2,1H3. The second-order valence-corrected chi connectivity index (χ2v) is 9.83. The highest BCUT2D eigenvalue weighted by atomic mass is 19.1. The number of halogens is 1. The number of nitriles is 1. The minimum Gasteiger partial charge on any atom is -0.398 e. The summed E-state index contributed by atoms with van der Waals surface area (Å²) in [4.78, 5) is 0. The molecule has 5 rings (SSSR count). The number of rotatable bonds is 3. The van der Waals surface area contributed by atoms with Gasteiger partial charge in [-0.15, -0.1) is 0 Å². The lowest BCUT2D eigenvalue weighted by molar-refractivity contribution is -0.150. The molecule has 1 saturated heterocycles. The molecule has 1 heterocycles. The molecular weight excluding hydrogens is 405 g/mol. The maximum Gasteiger partial charge on any atom is 0.141 e. The average Bonchev–Trinajstić information content (AvgIpc) is 2.73. The Balaban J connectivity index is 0.000000225. The molecule has 170 valence electrons. The van der Waals surface area contributed by atoms with Crippen LogP contribution in [0.15, 0.2) is 36.4 Å². The van der Waals surface area contributed by atoms with Crippen molar-refractivity contribution in [2.75, 3.05) is 25.4 Å². The van der Waals surface area contributed by atoms with E-state index in [2.05, 4.69) is 5.32 Å². The van der Waals surface area contributed by atoms with Gasteiger partial charge in [-0.3, -0.25) is 0 Å². The molecule has 2 aliphatic carbocycles. The van der Waals surface area contributed by atoms with Crippen LogP contribution in [0.25, 0.3) is 11.1 Å². The number of benzene rings is 2. The normalized spacial score (nSPS) is 22.6. The van der Waals surface area contributed by atoms with Crippen molar-refractivity contribution in [3.63, 3.8) is 0 Å². The Bertz CT molecular complexity index is 995. The van der Waals surface area contributed by atoms with E-state index < -0.39 is 5.82 Å². The van der Waals surface area contributed by atoms with Gasteiger partial charge in [0.25, 0.3) is 0 Å². The predicted molar refractivity (Wildman–Crippen MR) is 123 cm³/mol. The van der Waals surface area contributed by atoms with E-state index in [4.69, 9.17) is 15.7 Å². The van der Waals surface area contributed by atoms with Crippen molar-refractivity contribution in [1.82, 2.24) is 5.32 Å². The summed E-state index contributed by atoms with van der Waals surface area (Å²) in [5, 5.41) is 21.5. The summed E-state index contributed by atoms with van der Waals surface area (Å²) >= 11 is 0. The van der Waals surface area contributed by atoms with Crippen LogP contribution in [-0.4, -0.2) is 36.5 Å². The zero-order valence-electron chi connectivity index (χ0n) is 18.7. The Morgan fingerprint density at radius 2 is 2.03 bits per heavy atom. The van der Waals surface area contributed by atoms with Crippen molar-refractivity contribution in [2.24, 2.45) is 5.41 Å². The molecule has 5 nitrogen and oxygen atoms in total. The van der Waals surface area contributed by atoms with E-state index in [0.717, 1.165) is 43.5 Å². The van der Waals surface area contributed by atoms with Crippen molar-refractivity contribution < 1.29 is 14.2 Å². The zero-order valence-corrected chi connectivity index (χ0v) is 18.7. The Morgan fingerprint density at radius 1 is 1.25 bits per heavy atom. The zero-order chi connectivity index (χ0) is 22.8. The lowest BCUT2D eigenvalue weighted by Crippen LogP contribution is -2.53. The van der Waals surface area contributed by atoms with Crippen molar-refractivity contribution in [1.29, 1.82) is 5.26 Å². The van der Waals surface area contributed by atoms with Gasteiger partial charge in [-0.2, -0.15) is 5.26 Å². The Hall–Kier alpha value is -2.46. The molecule has 0 aromatic heterocycles. The summed E-state index contributed by atoms with van der Waals surface area (Å²) in [6.07, 6.45) is 7.21. The van der Waals surface area contributed by atoms with E-state index in [1.165, 1.54) is 31.4 Å². The third-order valence-electron chi connectivity index (χ3n) is 6.91. The maximum absolute atomic E-state index is 13.8. The van der Waals surface area contributed by atoms with Crippen molar-refractivity contribution in [2.45, 2.75) is 57.2 Å². The maximum atomic E-state index is 13.8. The van der Waals surface area contributed by atoms with Crippen molar-refractivity contribution in [3.05, 3.63) is 53.3 Å². The Morgan fingerprint density at radius 3 is 2.56 bits per heavy atom. The average molecular weight is 438 g/mol. The van der Waals surface area contributed by atoms with Crippen LogP contribution in [0.5, 0.6) is 0 Å². The summed E-state index contributed by atoms with van der Waals surface area (Å²) in [6.45, 7) is 4.38. The fourth-order valence-electron chi connectivity index (χ4n) is 5.36. The molecule has 4 N–H and O–H groups in total. The smallest absolute Gasteiger partial charge is 0.141 e. The molecule has 6 heteroatoms. The summed E-state index contributed by atoms with van der Waals surface area (Å²) < 4.78 is 19.6. The monoisotopic (exact) mass is 437 g/mol.